The third-order valence-corrected chi connectivity index (χ3v) is 6.61. The number of piperidine rings is 1. The first kappa shape index (κ1) is 22.9. The lowest BCUT2D eigenvalue weighted by atomic mass is 9.89. The first-order valence-electron chi connectivity index (χ1n) is 11.1. The van der Waals surface area contributed by atoms with Crippen molar-refractivity contribution in [3.8, 4) is 17.0 Å². The van der Waals surface area contributed by atoms with Gasteiger partial charge in [-0.15, -0.1) is 0 Å². The minimum atomic E-state index is -0.483. The number of amides is 1. The number of ether oxygens (including phenoxy) is 2. The molecule has 0 saturated carbocycles. The molecule has 2 aliphatic rings. The van der Waals surface area contributed by atoms with Crippen LogP contribution in [0.1, 0.15) is 44.7 Å². The van der Waals surface area contributed by atoms with E-state index in [0.29, 0.717) is 30.3 Å². The van der Waals surface area contributed by atoms with Crippen LogP contribution in [0.5, 0.6) is 5.75 Å². The standard InChI is InChI=1S/C25H31FN2O3S/c1-25(2,3)31-24(29)28-9-7-17(8-10-28)22-13-18-12-21(27-14-23(18)30-22)19-6-5-16(15-32-4)11-20(19)26/h5-6,11-12,14,17,22H,7-10,13,15H2,1-4H3. The van der Waals surface area contributed by atoms with Gasteiger partial charge in [-0.3, -0.25) is 4.98 Å². The molecule has 0 radical (unpaired) electrons. The van der Waals surface area contributed by atoms with Crippen molar-refractivity contribution in [2.45, 2.75) is 57.5 Å². The van der Waals surface area contributed by atoms with Crippen molar-refractivity contribution in [1.82, 2.24) is 9.88 Å². The summed E-state index contributed by atoms with van der Waals surface area (Å²) in [6, 6.07) is 7.33. The van der Waals surface area contributed by atoms with E-state index in [-0.39, 0.29) is 18.0 Å². The lowest BCUT2D eigenvalue weighted by Crippen LogP contribution is -2.44. The zero-order valence-electron chi connectivity index (χ0n) is 19.2. The second-order valence-corrected chi connectivity index (χ2v) is 10.5. The lowest BCUT2D eigenvalue weighted by molar-refractivity contribution is 0.0123. The maximum absolute atomic E-state index is 14.7. The van der Waals surface area contributed by atoms with Crippen LogP contribution in [-0.4, -0.2) is 47.0 Å². The number of carbonyl (C=O) groups is 1. The highest BCUT2D eigenvalue weighted by atomic mass is 32.2. The van der Waals surface area contributed by atoms with Gasteiger partial charge in [-0.05, 0) is 69.5 Å². The Morgan fingerprint density at radius 2 is 2.03 bits per heavy atom. The number of halogens is 1. The molecule has 2 aliphatic heterocycles. The van der Waals surface area contributed by atoms with E-state index >= 15 is 0 Å². The monoisotopic (exact) mass is 458 g/mol. The molecule has 0 aliphatic carbocycles. The predicted octanol–water partition coefficient (Wildman–Crippen LogP) is 5.70. The second-order valence-electron chi connectivity index (χ2n) is 9.59. The zero-order valence-corrected chi connectivity index (χ0v) is 20.0. The average Bonchev–Trinajstić information content (AvgIpc) is 3.16. The van der Waals surface area contributed by atoms with E-state index in [4.69, 9.17) is 9.47 Å². The van der Waals surface area contributed by atoms with Crippen molar-refractivity contribution in [2.75, 3.05) is 19.3 Å². The Kier molecular flexibility index (Phi) is 6.65. The third kappa shape index (κ3) is 5.20. The molecular weight excluding hydrogens is 427 g/mol. The molecule has 0 spiro atoms. The molecule has 32 heavy (non-hydrogen) atoms. The topological polar surface area (TPSA) is 51.7 Å². The van der Waals surface area contributed by atoms with Crippen LogP contribution in [-0.2, 0) is 16.9 Å². The summed E-state index contributed by atoms with van der Waals surface area (Å²) in [7, 11) is 0. The second kappa shape index (κ2) is 9.30. The average molecular weight is 459 g/mol. The number of aromatic nitrogens is 1. The van der Waals surface area contributed by atoms with E-state index < -0.39 is 5.60 Å². The molecule has 1 aromatic heterocycles. The summed E-state index contributed by atoms with van der Waals surface area (Å²) >= 11 is 1.67. The van der Waals surface area contributed by atoms with Crippen LogP contribution in [0.4, 0.5) is 9.18 Å². The summed E-state index contributed by atoms with van der Waals surface area (Å²) in [6.07, 6.45) is 6.09. The fourth-order valence-corrected chi connectivity index (χ4v) is 4.90. The number of benzene rings is 1. The van der Waals surface area contributed by atoms with Gasteiger partial charge in [-0.1, -0.05) is 6.07 Å². The van der Waals surface area contributed by atoms with E-state index in [2.05, 4.69) is 4.98 Å². The third-order valence-electron chi connectivity index (χ3n) is 5.99. The Labute approximate surface area is 193 Å². The Morgan fingerprint density at radius 1 is 1.28 bits per heavy atom. The summed E-state index contributed by atoms with van der Waals surface area (Å²) in [6.45, 7) is 7.00. The summed E-state index contributed by atoms with van der Waals surface area (Å²) < 4.78 is 26.4. The summed E-state index contributed by atoms with van der Waals surface area (Å²) in [5.74, 6) is 1.70. The Balaban J connectivity index is 1.39. The van der Waals surface area contributed by atoms with E-state index in [1.54, 1.807) is 28.9 Å². The lowest BCUT2D eigenvalue weighted by Gasteiger charge is -2.35. The van der Waals surface area contributed by atoms with Gasteiger partial charge in [0.25, 0.3) is 0 Å². The molecular formula is C25H31FN2O3S. The SMILES string of the molecule is CSCc1ccc(-c2cc3c(cn2)OC(C2CCN(C(=O)OC(C)(C)C)CC2)C3)c(F)c1. The van der Waals surface area contributed by atoms with Gasteiger partial charge in [-0.25, -0.2) is 9.18 Å². The number of fused-ring (bicyclic) bond motifs is 1. The van der Waals surface area contributed by atoms with Gasteiger partial charge in [0.15, 0.2) is 0 Å². The number of nitrogens with zero attached hydrogens (tertiary/aromatic N) is 2. The van der Waals surface area contributed by atoms with E-state index in [0.717, 1.165) is 41.9 Å². The van der Waals surface area contributed by atoms with Crippen molar-refractivity contribution in [3.63, 3.8) is 0 Å². The predicted molar refractivity (Wildman–Crippen MR) is 126 cm³/mol. The number of thioether (sulfide) groups is 1. The quantitative estimate of drug-likeness (QED) is 0.588. The van der Waals surface area contributed by atoms with Crippen molar-refractivity contribution in [1.29, 1.82) is 0 Å². The first-order chi connectivity index (χ1) is 15.2. The van der Waals surface area contributed by atoms with E-state index in [9.17, 15) is 9.18 Å². The fourth-order valence-electron chi connectivity index (χ4n) is 4.38. The van der Waals surface area contributed by atoms with Gasteiger partial charge < -0.3 is 14.4 Å². The molecule has 2 aromatic rings. The smallest absolute Gasteiger partial charge is 0.410 e. The summed E-state index contributed by atoms with van der Waals surface area (Å²) in [5, 5.41) is 0. The molecule has 7 heteroatoms. The molecule has 1 unspecified atom stereocenters. The summed E-state index contributed by atoms with van der Waals surface area (Å²) in [5.41, 5.74) is 2.72. The number of pyridine rings is 1. The largest absolute Gasteiger partial charge is 0.488 e. The van der Waals surface area contributed by atoms with E-state index in [1.165, 1.54) is 0 Å². The van der Waals surface area contributed by atoms with Crippen molar-refractivity contribution < 1.29 is 18.7 Å². The molecule has 0 bridgehead atoms. The Bertz CT molecular complexity index is 984. The van der Waals surface area contributed by atoms with Gasteiger partial charge in [-0.2, -0.15) is 11.8 Å². The molecule has 5 nitrogen and oxygen atoms in total. The van der Waals surface area contributed by atoms with Crippen LogP contribution >= 0.6 is 11.8 Å². The number of rotatable bonds is 4. The number of hydrogen-bond acceptors (Lipinski definition) is 5. The highest BCUT2D eigenvalue weighted by molar-refractivity contribution is 7.97. The molecule has 1 saturated heterocycles. The highest BCUT2D eigenvalue weighted by Crippen LogP contribution is 2.37. The van der Waals surface area contributed by atoms with Gasteiger partial charge in [0, 0.05) is 36.4 Å². The first-order valence-corrected chi connectivity index (χ1v) is 12.5. The minimum absolute atomic E-state index is 0.0663. The molecule has 1 aromatic carbocycles. The molecule has 172 valence electrons. The normalized spacial score (nSPS) is 18.9. The highest BCUT2D eigenvalue weighted by Gasteiger charge is 2.35. The fraction of sp³-hybridized carbons (Fsp3) is 0.520. The van der Waals surface area contributed by atoms with Crippen LogP contribution in [0, 0.1) is 11.7 Å². The van der Waals surface area contributed by atoms with Gasteiger partial charge in [0.2, 0.25) is 0 Å². The number of hydrogen-bond donors (Lipinski definition) is 0. The molecule has 1 fully saturated rings. The van der Waals surface area contributed by atoms with E-state index in [1.807, 2.05) is 45.2 Å². The number of carbonyl (C=O) groups excluding carboxylic acids is 1. The van der Waals surface area contributed by atoms with Gasteiger partial charge >= 0.3 is 6.09 Å². The van der Waals surface area contributed by atoms with Gasteiger partial charge in [0.05, 0.1) is 11.9 Å². The Morgan fingerprint density at radius 3 is 2.69 bits per heavy atom. The molecule has 1 atom stereocenters. The van der Waals surface area contributed by atoms with Crippen LogP contribution < -0.4 is 4.74 Å². The number of likely N-dealkylation sites (tertiary alicyclic amines) is 1. The van der Waals surface area contributed by atoms with Crippen molar-refractivity contribution >= 4 is 17.9 Å². The molecule has 4 rings (SSSR count). The molecule has 3 heterocycles. The van der Waals surface area contributed by atoms with Crippen LogP contribution in [0.15, 0.2) is 30.5 Å². The van der Waals surface area contributed by atoms with Crippen LogP contribution in [0.2, 0.25) is 0 Å². The maximum atomic E-state index is 14.7. The molecule has 0 N–H and O–H groups in total. The summed E-state index contributed by atoms with van der Waals surface area (Å²) in [4.78, 5) is 18.6. The van der Waals surface area contributed by atoms with Crippen LogP contribution in [0.3, 0.4) is 0 Å². The van der Waals surface area contributed by atoms with Crippen molar-refractivity contribution in [3.05, 3.63) is 47.4 Å². The van der Waals surface area contributed by atoms with Crippen LogP contribution in [0.25, 0.3) is 11.3 Å². The zero-order chi connectivity index (χ0) is 22.9. The van der Waals surface area contributed by atoms with Crippen molar-refractivity contribution in [2.24, 2.45) is 5.92 Å². The Hall–Kier alpha value is -2.28. The minimum Gasteiger partial charge on any atom is -0.488 e. The maximum Gasteiger partial charge on any atom is 0.410 e. The van der Waals surface area contributed by atoms with Gasteiger partial charge in [0.1, 0.15) is 23.3 Å². The molecule has 1 amide bonds.